The van der Waals surface area contributed by atoms with E-state index in [2.05, 4.69) is 80.3 Å². The maximum absolute atomic E-state index is 9.45. The Hall–Kier alpha value is -4.94. The molecule has 6 nitrogen and oxygen atoms in total. The molecule has 6 heteroatoms. The molecule has 2 fully saturated rings. The van der Waals surface area contributed by atoms with E-state index >= 15 is 0 Å². The van der Waals surface area contributed by atoms with Crippen molar-refractivity contribution in [1.29, 1.82) is 10.5 Å². The van der Waals surface area contributed by atoms with E-state index in [9.17, 15) is 10.5 Å². The number of hydrogen-bond donors (Lipinski definition) is 0. The molecule has 4 aromatic carbocycles. The van der Waals surface area contributed by atoms with E-state index in [-0.39, 0.29) is 0 Å². The summed E-state index contributed by atoms with van der Waals surface area (Å²) >= 11 is 0. The van der Waals surface area contributed by atoms with Gasteiger partial charge in [-0.2, -0.15) is 10.5 Å². The Morgan fingerprint density at radius 2 is 0.771 bits per heavy atom. The van der Waals surface area contributed by atoms with Crippen LogP contribution in [0.5, 0.6) is 0 Å². The molecule has 0 spiro atoms. The van der Waals surface area contributed by atoms with Crippen molar-refractivity contribution in [2.45, 2.75) is 75.0 Å². The molecule has 4 aromatic rings. The maximum atomic E-state index is 9.45. The van der Waals surface area contributed by atoms with Crippen LogP contribution in [-0.4, -0.2) is 26.4 Å². The molecule has 4 bridgehead atoms. The van der Waals surface area contributed by atoms with Crippen molar-refractivity contribution < 1.29 is 0 Å². The lowest BCUT2D eigenvalue weighted by Gasteiger charge is -2.39. The predicted octanol–water partition coefficient (Wildman–Crippen LogP) is 9.47. The minimum Gasteiger partial charge on any atom is -0.350 e. The Kier molecular flexibility index (Phi) is 6.32. The summed E-state index contributed by atoms with van der Waals surface area (Å²) in [5.74, 6) is 2.80. The summed E-state index contributed by atoms with van der Waals surface area (Å²) in [6.07, 6.45) is 10.6. The number of rotatable bonds is 5. The third kappa shape index (κ3) is 4.28. The van der Waals surface area contributed by atoms with Crippen LogP contribution >= 0.6 is 0 Å². The minimum atomic E-state index is 0.697. The quantitative estimate of drug-likeness (QED) is 0.219. The Labute approximate surface area is 283 Å². The first-order valence-electron chi connectivity index (χ1n) is 18.1. The number of nitrogens with zero attached hydrogens (tertiary/aromatic N) is 6. The number of fused-ring (bicyclic) bond motifs is 6. The van der Waals surface area contributed by atoms with Crippen LogP contribution in [0, 0.1) is 22.7 Å². The fourth-order valence-corrected chi connectivity index (χ4v) is 10.1. The van der Waals surface area contributed by atoms with Gasteiger partial charge in [-0.3, -0.25) is 0 Å². The van der Waals surface area contributed by atoms with Crippen molar-refractivity contribution in [3.8, 4) is 12.1 Å². The third-order valence-electron chi connectivity index (χ3n) is 12.7. The van der Waals surface area contributed by atoms with Gasteiger partial charge in [0.2, 0.25) is 0 Å². The highest BCUT2D eigenvalue weighted by Gasteiger charge is 2.39. The molecule has 0 radical (unpaired) electrons. The molecule has 12 rings (SSSR count). The molecule has 0 amide bonds. The summed E-state index contributed by atoms with van der Waals surface area (Å²) in [6, 6.07) is 31.0. The van der Waals surface area contributed by atoms with Crippen LogP contribution in [0.15, 0.2) is 72.8 Å². The van der Waals surface area contributed by atoms with Crippen LogP contribution in [0.25, 0.3) is 0 Å². The van der Waals surface area contributed by atoms with Crippen molar-refractivity contribution in [2.24, 2.45) is 0 Å². The summed E-state index contributed by atoms with van der Waals surface area (Å²) in [4.78, 5) is 10.1. The monoisotopic (exact) mass is 628 g/mol. The van der Waals surface area contributed by atoms with Gasteiger partial charge in [0, 0.05) is 24.5 Å². The van der Waals surface area contributed by atoms with Crippen LogP contribution in [0.1, 0.15) is 108 Å². The zero-order valence-corrected chi connectivity index (χ0v) is 27.4. The molecule has 8 aliphatic rings. The minimum absolute atomic E-state index is 0.697. The van der Waals surface area contributed by atoms with E-state index in [4.69, 9.17) is 0 Å². The molecule has 2 aliphatic heterocycles. The molecule has 0 N–H and O–H groups in total. The van der Waals surface area contributed by atoms with Crippen molar-refractivity contribution >= 4 is 34.1 Å². The summed E-state index contributed by atoms with van der Waals surface area (Å²) in [6.45, 7) is 3.48. The second-order valence-corrected chi connectivity index (χ2v) is 15.0. The molecule has 2 heterocycles. The van der Waals surface area contributed by atoms with E-state index in [0.29, 0.717) is 34.8 Å². The van der Waals surface area contributed by atoms with Crippen LogP contribution < -0.4 is 19.6 Å². The summed E-state index contributed by atoms with van der Waals surface area (Å²) in [5.41, 5.74) is 15.4. The highest BCUT2D eigenvalue weighted by atomic mass is 15.4. The van der Waals surface area contributed by atoms with E-state index in [1.807, 2.05) is 24.3 Å². The van der Waals surface area contributed by atoms with Crippen molar-refractivity contribution in [2.75, 3.05) is 46.0 Å². The number of anilines is 6. The Balaban J connectivity index is 0.998. The van der Waals surface area contributed by atoms with Gasteiger partial charge in [-0.25, -0.2) is 0 Å². The molecule has 0 saturated heterocycles. The second kappa shape index (κ2) is 10.8. The van der Waals surface area contributed by atoms with E-state index in [1.165, 1.54) is 74.1 Å². The largest absolute Gasteiger partial charge is 0.350 e. The first-order valence-corrected chi connectivity index (χ1v) is 18.1. The third-order valence-corrected chi connectivity index (χ3v) is 12.7. The molecule has 0 unspecified atom stereocenters. The summed E-state index contributed by atoms with van der Waals surface area (Å²) in [7, 11) is 0. The highest BCUT2D eigenvalue weighted by molar-refractivity contribution is 5.86. The molecular weight excluding hydrogens is 589 g/mol. The lowest BCUT2D eigenvalue weighted by molar-refractivity contribution is 0.359. The normalized spacial score (nSPS) is 24.2. The first kappa shape index (κ1) is 28.1. The smallest absolute Gasteiger partial charge is 0.0991 e. The summed E-state index contributed by atoms with van der Waals surface area (Å²) in [5, 5.41) is 18.9. The van der Waals surface area contributed by atoms with Gasteiger partial charge in [-0.05, 0) is 170 Å². The molecule has 2 saturated carbocycles. The molecular formula is C42H40N6. The molecule has 6 aliphatic carbocycles. The molecule has 48 heavy (non-hydrogen) atoms. The van der Waals surface area contributed by atoms with E-state index in [0.717, 1.165) is 37.8 Å². The average Bonchev–Trinajstić information content (AvgIpc) is 3.71. The Bertz CT molecular complexity index is 1850. The fourth-order valence-electron chi connectivity index (χ4n) is 10.1. The number of hydrogen-bond acceptors (Lipinski definition) is 6. The van der Waals surface area contributed by atoms with Gasteiger partial charge in [-0.1, -0.05) is 0 Å². The van der Waals surface area contributed by atoms with Crippen LogP contribution in [-0.2, 0) is 0 Å². The molecule has 238 valence electrons. The van der Waals surface area contributed by atoms with Gasteiger partial charge in [0.15, 0.2) is 0 Å². The van der Waals surface area contributed by atoms with E-state index < -0.39 is 0 Å². The first-order chi connectivity index (χ1) is 23.6. The zero-order valence-electron chi connectivity index (χ0n) is 27.4. The SMILES string of the molecule is N#Cc1ccc(N2CN(CCN3CN(c4ccc(C#N)cc4)c4cc5c(cc43)C3CCC5CC3)c3cc4c(cc32)C2CCC4CC2)cc1. The maximum Gasteiger partial charge on any atom is 0.0991 e. The van der Waals surface area contributed by atoms with E-state index in [1.54, 1.807) is 22.3 Å². The highest BCUT2D eigenvalue weighted by Crippen LogP contribution is 2.55. The molecule has 0 aromatic heterocycles. The topological polar surface area (TPSA) is 60.5 Å². The van der Waals surface area contributed by atoms with Crippen LogP contribution in [0.2, 0.25) is 0 Å². The van der Waals surface area contributed by atoms with Crippen LogP contribution in [0.4, 0.5) is 34.1 Å². The van der Waals surface area contributed by atoms with Crippen molar-refractivity contribution in [1.82, 2.24) is 0 Å². The van der Waals surface area contributed by atoms with Gasteiger partial charge in [0.1, 0.15) is 0 Å². The molecule has 0 atom stereocenters. The lowest BCUT2D eigenvalue weighted by Crippen LogP contribution is -2.37. The fraction of sp³-hybridized carbons (Fsp3) is 0.381. The van der Waals surface area contributed by atoms with Gasteiger partial charge >= 0.3 is 0 Å². The summed E-state index contributed by atoms with van der Waals surface area (Å²) < 4.78 is 0. The number of nitriles is 2. The second-order valence-electron chi connectivity index (χ2n) is 15.0. The van der Waals surface area contributed by atoms with Crippen molar-refractivity contribution in [3.05, 3.63) is 106 Å². The van der Waals surface area contributed by atoms with Gasteiger partial charge < -0.3 is 19.6 Å². The number of benzene rings is 4. The predicted molar refractivity (Wildman–Crippen MR) is 192 cm³/mol. The lowest BCUT2D eigenvalue weighted by atomic mass is 9.67. The standard InChI is InChI=1S/C42H40N6/c43-23-27-1-13-33(14-2-27)47-25-45(39-19-35-29-5-9-31(10-6-29)37(35)21-41(39)47)17-18-46-26-48(34-15-3-28(24-44)4-16-34)42-22-38-32-11-7-30(8-12-32)36(38)20-40(42)46/h1-4,13-16,19-22,29-32H,5-12,17-18,25-26H2. The van der Waals surface area contributed by atoms with Crippen molar-refractivity contribution in [3.63, 3.8) is 0 Å². The zero-order chi connectivity index (χ0) is 31.9. The van der Waals surface area contributed by atoms with Gasteiger partial charge in [0.25, 0.3) is 0 Å². The Morgan fingerprint density at radius 3 is 1.08 bits per heavy atom. The average molecular weight is 629 g/mol. The van der Waals surface area contributed by atoms with Gasteiger partial charge in [0.05, 0.1) is 59.4 Å². The van der Waals surface area contributed by atoms with Gasteiger partial charge in [-0.15, -0.1) is 0 Å². The van der Waals surface area contributed by atoms with Crippen LogP contribution in [0.3, 0.4) is 0 Å². The Morgan fingerprint density at radius 1 is 0.458 bits per heavy atom.